The molecule has 0 spiro atoms. The van der Waals surface area contributed by atoms with Gasteiger partial charge in [0.15, 0.2) is 0 Å². The number of aromatic nitrogens is 2. The number of hydrogen-bond acceptors (Lipinski definition) is 2. The Kier molecular flexibility index (Phi) is 5.15. The lowest BCUT2D eigenvalue weighted by atomic mass is 10.2. The summed E-state index contributed by atoms with van der Waals surface area (Å²) in [5.74, 6) is -0.0610. The zero-order valence-corrected chi connectivity index (χ0v) is 13.3. The number of nitrogens with one attached hydrogen (secondary N) is 1. The van der Waals surface area contributed by atoms with Crippen LogP contribution >= 0.6 is 31.9 Å². The lowest BCUT2D eigenvalue weighted by molar-refractivity contribution is 0.0952. The Balaban J connectivity index is 1.77. The molecule has 0 aliphatic heterocycles. The van der Waals surface area contributed by atoms with Crippen LogP contribution in [0.3, 0.4) is 0 Å². The summed E-state index contributed by atoms with van der Waals surface area (Å²) >= 11 is 6.71. The molecule has 0 saturated heterocycles. The van der Waals surface area contributed by atoms with Crippen LogP contribution < -0.4 is 5.32 Å². The van der Waals surface area contributed by atoms with Crippen LogP contribution in [0.4, 0.5) is 0 Å². The first-order valence-electron chi connectivity index (χ1n) is 5.87. The molecule has 1 aromatic heterocycles. The maximum absolute atomic E-state index is 11.9. The fraction of sp³-hybridized carbons (Fsp3) is 0.231. The van der Waals surface area contributed by atoms with Crippen molar-refractivity contribution in [3.8, 4) is 0 Å². The van der Waals surface area contributed by atoms with Crippen LogP contribution in [0.2, 0.25) is 0 Å². The van der Waals surface area contributed by atoms with Gasteiger partial charge in [-0.3, -0.25) is 9.48 Å². The van der Waals surface area contributed by atoms with E-state index in [0.29, 0.717) is 12.1 Å². The van der Waals surface area contributed by atoms with E-state index >= 15 is 0 Å². The van der Waals surface area contributed by atoms with Crippen molar-refractivity contribution < 1.29 is 4.79 Å². The topological polar surface area (TPSA) is 46.9 Å². The summed E-state index contributed by atoms with van der Waals surface area (Å²) in [4.78, 5) is 11.9. The van der Waals surface area contributed by atoms with Crippen molar-refractivity contribution in [3.63, 3.8) is 0 Å². The van der Waals surface area contributed by atoms with Crippen molar-refractivity contribution >= 4 is 37.8 Å². The smallest absolute Gasteiger partial charge is 0.252 e. The number of hydrogen-bond donors (Lipinski definition) is 1. The zero-order chi connectivity index (χ0) is 13.7. The number of carbonyl (C=O) groups excluding carboxylic acids is 1. The second-order valence-corrected chi connectivity index (χ2v) is 5.78. The van der Waals surface area contributed by atoms with E-state index in [4.69, 9.17) is 0 Å². The van der Waals surface area contributed by atoms with Crippen LogP contribution in [0.15, 0.2) is 45.6 Å². The van der Waals surface area contributed by atoms with Crippen molar-refractivity contribution in [2.24, 2.45) is 0 Å². The molecule has 2 rings (SSSR count). The number of rotatable bonds is 5. The maximum atomic E-state index is 11.9. The minimum absolute atomic E-state index is 0.0610. The molecule has 1 amide bonds. The largest absolute Gasteiger partial charge is 0.352 e. The summed E-state index contributed by atoms with van der Waals surface area (Å²) in [7, 11) is 0. The summed E-state index contributed by atoms with van der Waals surface area (Å²) in [6, 6.07) is 7.39. The molecule has 6 heteroatoms. The number of nitrogens with zero attached hydrogens (tertiary/aromatic N) is 2. The maximum Gasteiger partial charge on any atom is 0.252 e. The number of aryl methyl sites for hydroxylation is 1. The molecule has 0 aliphatic rings. The summed E-state index contributed by atoms with van der Waals surface area (Å²) < 4.78 is 3.61. The monoisotopic (exact) mass is 385 g/mol. The Morgan fingerprint density at radius 2 is 2.11 bits per heavy atom. The van der Waals surface area contributed by atoms with Gasteiger partial charge in [0.2, 0.25) is 0 Å². The number of halogens is 2. The Bertz CT molecular complexity index is 569. The summed E-state index contributed by atoms with van der Waals surface area (Å²) in [6.45, 7) is 1.40. The van der Waals surface area contributed by atoms with Crippen LogP contribution in [0.1, 0.15) is 16.8 Å². The van der Waals surface area contributed by atoms with Gasteiger partial charge in [-0.2, -0.15) is 5.10 Å². The third-order valence-electron chi connectivity index (χ3n) is 2.57. The lowest BCUT2D eigenvalue weighted by Crippen LogP contribution is -2.25. The molecule has 0 unspecified atom stereocenters. The molecule has 1 aromatic carbocycles. The Labute approximate surface area is 128 Å². The van der Waals surface area contributed by atoms with E-state index in [1.165, 1.54) is 0 Å². The Morgan fingerprint density at radius 1 is 1.32 bits per heavy atom. The second-order valence-electron chi connectivity index (χ2n) is 4.01. The highest BCUT2D eigenvalue weighted by atomic mass is 79.9. The molecular weight excluding hydrogens is 374 g/mol. The average molecular weight is 387 g/mol. The standard InChI is InChI=1S/C13H13Br2N3O/c14-10-8-17-18(9-10)7-3-6-16-13(19)11-4-1-2-5-12(11)15/h1-2,4-5,8-9H,3,6-7H2,(H,16,19). The first-order chi connectivity index (χ1) is 9.16. The van der Waals surface area contributed by atoms with Gasteiger partial charge < -0.3 is 5.32 Å². The quantitative estimate of drug-likeness (QED) is 0.802. The van der Waals surface area contributed by atoms with E-state index in [2.05, 4.69) is 42.3 Å². The van der Waals surface area contributed by atoms with Crippen LogP contribution in [0.5, 0.6) is 0 Å². The van der Waals surface area contributed by atoms with Crippen LogP contribution in [-0.2, 0) is 6.54 Å². The van der Waals surface area contributed by atoms with E-state index in [-0.39, 0.29) is 5.91 Å². The molecule has 19 heavy (non-hydrogen) atoms. The zero-order valence-electron chi connectivity index (χ0n) is 10.1. The predicted molar refractivity (Wildman–Crippen MR) is 81.0 cm³/mol. The third kappa shape index (κ3) is 4.18. The van der Waals surface area contributed by atoms with Crippen molar-refractivity contribution in [2.45, 2.75) is 13.0 Å². The lowest BCUT2D eigenvalue weighted by Gasteiger charge is -2.06. The fourth-order valence-electron chi connectivity index (χ4n) is 1.64. The Hall–Kier alpha value is -1.14. The normalized spacial score (nSPS) is 10.4. The van der Waals surface area contributed by atoms with E-state index in [1.807, 2.05) is 29.1 Å². The second kappa shape index (κ2) is 6.86. The fourth-order valence-corrected chi connectivity index (χ4v) is 2.44. The summed E-state index contributed by atoms with van der Waals surface area (Å²) in [5.41, 5.74) is 0.657. The van der Waals surface area contributed by atoms with Gasteiger partial charge in [0, 0.05) is 23.8 Å². The van der Waals surface area contributed by atoms with E-state index < -0.39 is 0 Å². The Morgan fingerprint density at radius 3 is 2.79 bits per heavy atom. The van der Waals surface area contributed by atoms with E-state index in [1.54, 1.807) is 12.3 Å². The first-order valence-corrected chi connectivity index (χ1v) is 7.46. The van der Waals surface area contributed by atoms with Gasteiger partial charge in [-0.1, -0.05) is 12.1 Å². The molecule has 1 N–H and O–H groups in total. The molecule has 0 atom stereocenters. The summed E-state index contributed by atoms with van der Waals surface area (Å²) in [5, 5.41) is 7.05. The molecule has 1 heterocycles. The molecule has 0 fully saturated rings. The van der Waals surface area contributed by atoms with Gasteiger partial charge in [-0.05, 0) is 50.4 Å². The van der Waals surface area contributed by atoms with E-state index in [0.717, 1.165) is 21.9 Å². The van der Waals surface area contributed by atoms with Gasteiger partial charge in [0.1, 0.15) is 0 Å². The van der Waals surface area contributed by atoms with Gasteiger partial charge in [0.25, 0.3) is 5.91 Å². The molecule has 4 nitrogen and oxygen atoms in total. The molecule has 0 bridgehead atoms. The number of amides is 1. The summed E-state index contributed by atoms with van der Waals surface area (Å²) in [6.07, 6.45) is 4.50. The van der Waals surface area contributed by atoms with Crippen molar-refractivity contribution in [3.05, 3.63) is 51.2 Å². The van der Waals surface area contributed by atoms with Gasteiger partial charge in [0.05, 0.1) is 16.2 Å². The molecule has 0 saturated carbocycles. The molecule has 2 aromatic rings. The minimum atomic E-state index is -0.0610. The van der Waals surface area contributed by atoms with Gasteiger partial charge in [-0.25, -0.2) is 0 Å². The minimum Gasteiger partial charge on any atom is -0.352 e. The van der Waals surface area contributed by atoms with E-state index in [9.17, 15) is 4.79 Å². The SMILES string of the molecule is O=C(NCCCn1cc(Br)cn1)c1ccccc1Br. The third-order valence-corrected chi connectivity index (χ3v) is 3.67. The highest BCUT2D eigenvalue weighted by Crippen LogP contribution is 2.15. The molecule has 100 valence electrons. The van der Waals surface area contributed by atoms with Crippen LogP contribution in [0.25, 0.3) is 0 Å². The average Bonchev–Trinajstić information content (AvgIpc) is 2.81. The van der Waals surface area contributed by atoms with Crippen molar-refractivity contribution in [1.82, 2.24) is 15.1 Å². The van der Waals surface area contributed by atoms with Gasteiger partial charge in [-0.15, -0.1) is 0 Å². The first kappa shape index (κ1) is 14.3. The van der Waals surface area contributed by atoms with Gasteiger partial charge >= 0.3 is 0 Å². The predicted octanol–water partition coefficient (Wildman–Crippen LogP) is 3.23. The molecule has 0 aliphatic carbocycles. The molecular formula is C13H13Br2N3O. The highest BCUT2D eigenvalue weighted by Gasteiger charge is 2.07. The number of carbonyl (C=O) groups is 1. The van der Waals surface area contributed by atoms with Crippen molar-refractivity contribution in [2.75, 3.05) is 6.54 Å². The molecule has 0 radical (unpaired) electrons. The van der Waals surface area contributed by atoms with Crippen molar-refractivity contribution in [1.29, 1.82) is 0 Å². The van der Waals surface area contributed by atoms with Crippen LogP contribution in [-0.4, -0.2) is 22.2 Å². The van der Waals surface area contributed by atoms with Crippen LogP contribution in [0, 0.1) is 0 Å². The highest BCUT2D eigenvalue weighted by molar-refractivity contribution is 9.10. The number of benzene rings is 1.